The Bertz CT molecular complexity index is 349. The zero-order valence-corrected chi connectivity index (χ0v) is 8.96. The zero-order chi connectivity index (χ0) is 11.4. The second-order valence-corrected chi connectivity index (χ2v) is 3.92. The number of carboxylic acid groups (broad SMARTS) is 1. The molecule has 0 amide bonds. The summed E-state index contributed by atoms with van der Waals surface area (Å²) in [4.78, 5) is 10.3. The molecule has 0 saturated carbocycles. The van der Waals surface area contributed by atoms with Gasteiger partial charge in [0.25, 0.3) is 0 Å². The van der Waals surface area contributed by atoms with Crippen molar-refractivity contribution in [1.82, 2.24) is 0 Å². The maximum Gasteiger partial charge on any atom is 0.328 e. The lowest BCUT2D eigenvalue weighted by Crippen LogP contribution is -2.02. The molecule has 1 rings (SSSR count). The van der Waals surface area contributed by atoms with Gasteiger partial charge in [0, 0.05) is 6.08 Å². The maximum atomic E-state index is 13.5. The summed E-state index contributed by atoms with van der Waals surface area (Å²) in [5.41, 5.74) is 1.56. The summed E-state index contributed by atoms with van der Waals surface area (Å²) in [5.74, 6) is -0.998. The van der Waals surface area contributed by atoms with Gasteiger partial charge in [-0.25, -0.2) is 9.18 Å². The van der Waals surface area contributed by atoms with E-state index >= 15 is 0 Å². The van der Waals surface area contributed by atoms with E-state index in [9.17, 15) is 9.18 Å². The minimum absolute atomic E-state index is 0.207. The molecular formula is C12H15FO2. The van der Waals surface area contributed by atoms with Gasteiger partial charge < -0.3 is 5.11 Å². The van der Waals surface area contributed by atoms with Crippen LogP contribution in [0.15, 0.2) is 35.2 Å². The van der Waals surface area contributed by atoms with Gasteiger partial charge in [-0.2, -0.15) is 0 Å². The third-order valence-corrected chi connectivity index (χ3v) is 2.44. The Hall–Kier alpha value is -1.38. The van der Waals surface area contributed by atoms with E-state index in [1.54, 1.807) is 0 Å². The van der Waals surface area contributed by atoms with Crippen LogP contribution in [0.3, 0.4) is 0 Å². The van der Waals surface area contributed by atoms with Crippen molar-refractivity contribution in [3.8, 4) is 0 Å². The Kier molecular flexibility index (Phi) is 3.83. The molecule has 0 radical (unpaired) electrons. The van der Waals surface area contributed by atoms with Crippen molar-refractivity contribution in [3.63, 3.8) is 0 Å². The molecule has 0 aromatic heterocycles. The highest BCUT2D eigenvalue weighted by Gasteiger charge is 2.14. The van der Waals surface area contributed by atoms with Crippen LogP contribution in [0, 0.1) is 5.92 Å². The summed E-state index contributed by atoms with van der Waals surface area (Å²) in [6.07, 6.45) is 5.32. The molecule has 0 aliphatic heterocycles. The van der Waals surface area contributed by atoms with Gasteiger partial charge in [-0.05, 0) is 36.0 Å². The predicted octanol–water partition coefficient (Wildman–Crippen LogP) is 3.23. The Labute approximate surface area is 88.8 Å². The summed E-state index contributed by atoms with van der Waals surface area (Å²) in [7, 11) is 0. The first-order valence-corrected chi connectivity index (χ1v) is 5.01. The van der Waals surface area contributed by atoms with E-state index in [1.165, 1.54) is 12.2 Å². The summed E-state index contributed by atoms with van der Waals surface area (Å²) >= 11 is 0. The normalized spacial score (nSPS) is 17.5. The van der Waals surface area contributed by atoms with Gasteiger partial charge in [0.15, 0.2) is 0 Å². The van der Waals surface area contributed by atoms with E-state index in [-0.39, 0.29) is 11.7 Å². The Morgan fingerprint density at radius 3 is 2.67 bits per heavy atom. The lowest BCUT2D eigenvalue weighted by molar-refractivity contribution is -0.131. The van der Waals surface area contributed by atoms with Gasteiger partial charge in [-0.3, -0.25) is 0 Å². The van der Waals surface area contributed by atoms with Crippen molar-refractivity contribution >= 4 is 5.97 Å². The van der Waals surface area contributed by atoms with Crippen molar-refractivity contribution in [2.24, 2.45) is 5.92 Å². The van der Waals surface area contributed by atoms with E-state index in [4.69, 9.17) is 5.11 Å². The first-order valence-electron chi connectivity index (χ1n) is 5.01. The number of hydrogen-bond acceptors (Lipinski definition) is 1. The second kappa shape index (κ2) is 4.91. The highest BCUT2D eigenvalue weighted by Crippen LogP contribution is 2.30. The van der Waals surface area contributed by atoms with Crippen molar-refractivity contribution in [2.45, 2.75) is 26.7 Å². The van der Waals surface area contributed by atoms with Crippen LogP contribution < -0.4 is 0 Å². The van der Waals surface area contributed by atoms with E-state index in [0.29, 0.717) is 12.8 Å². The molecule has 0 aromatic carbocycles. The predicted molar refractivity (Wildman–Crippen MR) is 57.1 cm³/mol. The van der Waals surface area contributed by atoms with E-state index in [0.717, 1.165) is 17.2 Å². The fourth-order valence-corrected chi connectivity index (χ4v) is 1.60. The van der Waals surface area contributed by atoms with Crippen LogP contribution in [-0.4, -0.2) is 11.1 Å². The minimum Gasteiger partial charge on any atom is -0.478 e. The van der Waals surface area contributed by atoms with Crippen molar-refractivity contribution in [3.05, 3.63) is 35.2 Å². The van der Waals surface area contributed by atoms with Crippen LogP contribution in [0.5, 0.6) is 0 Å². The Morgan fingerprint density at radius 2 is 2.20 bits per heavy atom. The molecule has 1 aliphatic carbocycles. The Balaban J connectivity index is 2.82. The van der Waals surface area contributed by atoms with E-state index in [1.807, 2.05) is 13.8 Å². The number of allylic oxidation sites excluding steroid dienone is 5. The molecular weight excluding hydrogens is 195 g/mol. The quantitative estimate of drug-likeness (QED) is 0.726. The summed E-state index contributed by atoms with van der Waals surface area (Å²) in [6.45, 7) is 3.92. The number of rotatable bonds is 3. The van der Waals surface area contributed by atoms with Gasteiger partial charge in [0.2, 0.25) is 0 Å². The number of aliphatic carboxylic acids is 1. The monoisotopic (exact) mass is 210 g/mol. The molecule has 0 saturated heterocycles. The molecule has 2 nitrogen and oxygen atoms in total. The summed E-state index contributed by atoms with van der Waals surface area (Å²) < 4.78 is 13.5. The molecule has 0 spiro atoms. The van der Waals surface area contributed by atoms with Crippen molar-refractivity contribution in [2.75, 3.05) is 0 Å². The maximum absolute atomic E-state index is 13.5. The molecule has 15 heavy (non-hydrogen) atoms. The molecule has 0 fully saturated rings. The topological polar surface area (TPSA) is 37.3 Å². The molecule has 82 valence electrons. The first-order chi connectivity index (χ1) is 7.00. The lowest BCUT2D eigenvalue weighted by Gasteiger charge is -2.16. The van der Waals surface area contributed by atoms with E-state index < -0.39 is 5.97 Å². The second-order valence-electron chi connectivity index (χ2n) is 3.92. The molecule has 1 N–H and O–H groups in total. The highest BCUT2D eigenvalue weighted by molar-refractivity contribution is 5.80. The van der Waals surface area contributed by atoms with Crippen LogP contribution in [-0.2, 0) is 4.79 Å². The SMILES string of the molecule is CC(C)C1=C(F)C=C(/C=C/C(=O)O)CC1. The van der Waals surface area contributed by atoms with Gasteiger partial charge >= 0.3 is 5.97 Å². The summed E-state index contributed by atoms with van der Waals surface area (Å²) in [6, 6.07) is 0. The van der Waals surface area contributed by atoms with Gasteiger partial charge in [0.05, 0.1) is 0 Å². The van der Waals surface area contributed by atoms with Crippen molar-refractivity contribution < 1.29 is 14.3 Å². The number of halogens is 1. The lowest BCUT2D eigenvalue weighted by atomic mass is 9.90. The average molecular weight is 210 g/mol. The standard InChI is InChI=1S/C12H15FO2/c1-8(2)10-5-3-9(7-11(10)13)4-6-12(14)15/h4,6-8H,3,5H2,1-2H3,(H,14,15)/b6-4+. The largest absolute Gasteiger partial charge is 0.478 e. The van der Waals surface area contributed by atoms with Crippen LogP contribution in [0.4, 0.5) is 4.39 Å². The third-order valence-electron chi connectivity index (χ3n) is 2.44. The molecule has 1 aliphatic rings. The van der Waals surface area contributed by atoms with Gasteiger partial charge in [-0.1, -0.05) is 19.9 Å². The fourth-order valence-electron chi connectivity index (χ4n) is 1.60. The fraction of sp³-hybridized carbons (Fsp3) is 0.417. The van der Waals surface area contributed by atoms with Crippen LogP contribution in [0.25, 0.3) is 0 Å². The zero-order valence-electron chi connectivity index (χ0n) is 8.96. The molecule has 0 aromatic rings. The number of carboxylic acids is 1. The molecule has 0 unspecified atom stereocenters. The van der Waals surface area contributed by atoms with Crippen LogP contribution in [0.2, 0.25) is 0 Å². The molecule has 0 atom stereocenters. The highest BCUT2D eigenvalue weighted by atomic mass is 19.1. The third kappa shape index (κ3) is 3.35. The average Bonchev–Trinajstić information content (AvgIpc) is 2.14. The first kappa shape index (κ1) is 11.7. The molecule has 0 heterocycles. The van der Waals surface area contributed by atoms with Gasteiger partial charge in [-0.15, -0.1) is 0 Å². The number of carbonyl (C=O) groups is 1. The van der Waals surface area contributed by atoms with Crippen LogP contribution in [0.1, 0.15) is 26.7 Å². The smallest absolute Gasteiger partial charge is 0.328 e. The van der Waals surface area contributed by atoms with Gasteiger partial charge in [0.1, 0.15) is 5.83 Å². The number of hydrogen-bond donors (Lipinski definition) is 1. The van der Waals surface area contributed by atoms with Crippen LogP contribution >= 0.6 is 0 Å². The molecule has 0 bridgehead atoms. The Morgan fingerprint density at radius 1 is 1.53 bits per heavy atom. The van der Waals surface area contributed by atoms with E-state index in [2.05, 4.69) is 0 Å². The summed E-state index contributed by atoms with van der Waals surface area (Å²) in [5, 5.41) is 8.43. The minimum atomic E-state index is -1.00. The molecule has 3 heteroatoms. The van der Waals surface area contributed by atoms with Crippen molar-refractivity contribution in [1.29, 1.82) is 0 Å².